The van der Waals surface area contributed by atoms with E-state index in [1.165, 1.54) is 15.9 Å². The zero-order chi connectivity index (χ0) is 26.1. The summed E-state index contributed by atoms with van der Waals surface area (Å²) in [6.07, 6.45) is 1.85. The van der Waals surface area contributed by atoms with E-state index in [0.29, 0.717) is 21.9 Å². The quantitative estimate of drug-likeness (QED) is 0.275. The molecule has 6 nitrogen and oxygen atoms in total. The summed E-state index contributed by atoms with van der Waals surface area (Å²) in [4.78, 5) is 18.5. The minimum absolute atomic E-state index is 0.0625. The molecule has 7 heteroatoms. The second kappa shape index (κ2) is 10.1. The van der Waals surface area contributed by atoms with E-state index in [1.807, 2.05) is 78.9 Å². The summed E-state index contributed by atoms with van der Waals surface area (Å²) >= 11 is 1.33. The molecule has 4 aromatic carbocycles. The molecule has 0 saturated carbocycles. The lowest BCUT2D eigenvalue weighted by Gasteiger charge is -2.10. The van der Waals surface area contributed by atoms with E-state index in [9.17, 15) is 4.79 Å². The van der Waals surface area contributed by atoms with Gasteiger partial charge >= 0.3 is 0 Å². The van der Waals surface area contributed by atoms with Crippen molar-refractivity contribution in [2.75, 3.05) is 7.11 Å². The van der Waals surface area contributed by atoms with Gasteiger partial charge in [0.25, 0.3) is 5.56 Å². The van der Waals surface area contributed by atoms with Gasteiger partial charge in [0.1, 0.15) is 18.1 Å². The smallest absolute Gasteiger partial charge is 0.291 e. The molecule has 0 amide bonds. The van der Waals surface area contributed by atoms with Crippen LogP contribution in [0.4, 0.5) is 0 Å². The predicted molar refractivity (Wildman–Crippen MR) is 151 cm³/mol. The van der Waals surface area contributed by atoms with Crippen LogP contribution in [0.25, 0.3) is 21.8 Å². The highest BCUT2D eigenvalue weighted by Crippen LogP contribution is 2.28. The van der Waals surface area contributed by atoms with Crippen LogP contribution in [0, 0.1) is 0 Å². The second-order valence-corrected chi connectivity index (χ2v) is 10.1. The first kappa shape index (κ1) is 23.9. The van der Waals surface area contributed by atoms with Gasteiger partial charge in [-0.2, -0.15) is 4.52 Å². The minimum Gasteiger partial charge on any atom is -0.497 e. The first-order chi connectivity index (χ1) is 18.6. The molecule has 0 aliphatic carbocycles. The third-order valence-electron chi connectivity index (χ3n) is 6.60. The Balaban J connectivity index is 1.28. The maximum atomic E-state index is 13.2. The molecular weight excluding hydrogens is 494 g/mol. The van der Waals surface area contributed by atoms with Gasteiger partial charge in [0.05, 0.1) is 11.6 Å². The van der Waals surface area contributed by atoms with Crippen LogP contribution in [0.1, 0.15) is 35.4 Å². The molecule has 6 aromatic rings. The molecule has 2 aromatic heterocycles. The molecule has 1 atom stereocenters. The van der Waals surface area contributed by atoms with Crippen LogP contribution in [0.3, 0.4) is 0 Å². The van der Waals surface area contributed by atoms with Crippen molar-refractivity contribution in [1.82, 2.24) is 14.6 Å². The Morgan fingerprint density at radius 2 is 1.71 bits per heavy atom. The van der Waals surface area contributed by atoms with Gasteiger partial charge in [0.2, 0.25) is 4.96 Å². The first-order valence-electron chi connectivity index (χ1n) is 12.3. The standard InChI is InChI=1S/C31H25N3O3S/c1-20(22-12-13-24-17-26(36-2)15-14-23(24)16-22)29-32-31-34(33-29)30(35)28(38-31)18-25-10-6-7-11-27(25)37-19-21-8-4-3-5-9-21/h3-18,20H,19H2,1-2H3/b28-18-. The highest BCUT2D eigenvalue weighted by Gasteiger charge is 2.18. The van der Waals surface area contributed by atoms with E-state index in [2.05, 4.69) is 30.2 Å². The van der Waals surface area contributed by atoms with Crippen LogP contribution in [0.5, 0.6) is 11.5 Å². The number of aromatic nitrogens is 3. The van der Waals surface area contributed by atoms with E-state index in [1.54, 1.807) is 7.11 Å². The third kappa shape index (κ3) is 4.64. The summed E-state index contributed by atoms with van der Waals surface area (Å²) in [5, 5.41) is 6.81. The largest absolute Gasteiger partial charge is 0.497 e. The lowest BCUT2D eigenvalue weighted by molar-refractivity contribution is 0.305. The molecule has 0 radical (unpaired) electrons. The SMILES string of the molecule is COc1ccc2cc(C(C)c3nc4s/c(=C\c5ccccc5OCc5ccccc5)c(=O)n4n3)ccc2c1. The van der Waals surface area contributed by atoms with E-state index in [0.717, 1.165) is 39.0 Å². The van der Waals surface area contributed by atoms with Gasteiger partial charge < -0.3 is 9.47 Å². The molecule has 0 aliphatic rings. The van der Waals surface area contributed by atoms with Crippen LogP contribution in [0.15, 0.2) is 95.8 Å². The number of rotatable bonds is 7. The van der Waals surface area contributed by atoms with Crippen LogP contribution in [-0.2, 0) is 6.61 Å². The number of benzene rings is 4. The Kier molecular flexibility index (Phi) is 6.35. The van der Waals surface area contributed by atoms with E-state index in [-0.39, 0.29) is 11.5 Å². The van der Waals surface area contributed by atoms with Crippen molar-refractivity contribution in [3.63, 3.8) is 0 Å². The van der Waals surface area contributed by atoms with E-state index in [4.69, 9.17) is 14.5 Å². The highest BCUT2D eigenvalue weighted by molar-refractivity contribution is 7.15. The molecule has 1 unspecified atom stereocenters. The average Bonchev–Trinajstić information content (AvgIpc) is 3.51. The molecule has 0 aliphatic heterocycles. The van der Waals surface area contributed by atoms with Crippen molar-refractivity contribution < 1.29 is 9.47 Å². The number of para-hydroxylation sites is 1. The van der Waals surface area contributed by atoms with Crippen LogP contribution >= 0.6 is 11.3 Å². The van der Waals surface area contributed by atoms with Gasteiger partial charge in [-0.25, -0.2) is 4.98 Å². The summed E-state index contributed by atoms with van der Waals surface area (Å²) in [7, 11) is 1.67. The molecule has 188 valence electrons. The van der Waals surface area contributed by atoms with Crippen molar-refractivity contribution in [1.29, 1.82) is 0 Å². The molecule has 6 rings (SSSR count). The number of thiazole rings is 1. The Morgan fingerprint density at radius 1 is 0.947 bits per heavy atom. The van der Waals surface area contributed by atoms with Crippen molar-refractivity contribution in [2.45, 2.75) is 19.4 Å². The monoisotopic (exact) mass is 519 g/mol. The molecule has 0 N–H and O–H groups in total. The third-order valence-corrected chi connectivity index (χ3v) is 7.56. The Morgan fingerprint density at radius 3 is 2.53 bits per heavy atom. The Hall–Kier alpha value is -4.49. The van der Waals surface area contributed by atoms with Gasteiger partial charge in [-0.15, -0.1) is 5.10 Å². The number of hydrogen-bond donors (Lipinski definition) is 0. The number of fused-ring (bicyclic) bond motifs is 2. The predicted octanol–water partition coefficient (Wildman–Crippen LogP) is 5.59. The van der Waals surface area contributed by atoms with E-state index >= 15 is 0 Å². The fourth-order valence-electron chi connectivity index (χ4n) is 4.43. The molecule has 2 heterocycles. The summed E-state index contributed by atoms with van der Waals surface area (Å²) in [5.74, 6) is 2.11. The first-order valence-corrected chi connectivity index (χ1v) is 13.2. The molecule has 0 bridgehead atoms. The molecule has 0 fully saturated rings. The van der Waals surface area contributed by atoms with Crippen molar-refractivity contribution in [3.05, 3.63) is 128 Å². The molecule has 38 heavy (non-hydrogen) atoms. The fourth-order valence-corrected chi connectivity index (χ4v) is 5.33. The topological polar surface area (TPSA) is 65.7 Å². The van der Waals surface area contributed by atoms with Gasteiger partial charge in [0.15, 0.2) is 5.82 Å². The summed E-state index contributed by atoms with van der Waals surface area (Å²) < 4.78 is 13.4. The maximum Gasteiger partial charge on any atom is 0.291 e. The Bertz CT molecular complexity index is 1860. The lowest BCUT2D eigenvalue weighted by Crippen LogP contribution is -2.24. The lowest BCUT2D eigenvalue weighted by atomic mass is 9.97. The number of nitrogens with zero attached hydrogens (tertiary/aromatic N) is 3. The van der Waals surface area contributed by atoms with Crippen LogP contribution in [-0.4, -0.2) is 21.7 Å². The molecule has 0 spiro atoms. The molecule has 0 saturated heterocycles. The zero-order valence-corrected chi connectivity index (χ0v) is 21.8. The van der Waals surface area contributed by atoms with Gasteiger partial charge in [-0.05, 0) is 46.2 Å². The number of ether oxygens (including phenoxy) is 2. The zero-order valence-electron chi connectivity index (χ0n) is 21.0. The minimum atomic E-state index is -0.181. The van der Waals surface area contributed by atoms with Crippen molar-refractivity contribution in [3.8, 4) is 11.5 Å². The second-order valence-electron chi connectivity index (χ2n) is 9.09. The van der Waals surface area contributed by atoms with Gasteiger partial charge in [-0.3, -0.25) is 4.79 Å². The summed E-state index contributed by atoms with van der Waals surface area (Å²) in [5.41, 5.74) is 2.83. The van der Waals surface area contributed by atoms with Crippen LogP contribution < -0.4 is 19.6 Å². The summed E-state index contributed by atoms with van der Waals surface area (Å²) in [6.45, 7) is 2.51. The molecular formula is C31H25N3O3S. The van der Waals surface area contributed by atoms with Crippen molar-refractivity contribution in [2.24, 2.45) is 0 Å². The van der Waals surface area contributed by atoms with Gasteiger partial charge in [-0.1, -0.05) is 91.1 Å². The van der Waals surface area contributed by atoms with E-state index < -0.39 is 0 Å². The summed E-state index contributed by atoms with van der Waals surface area (Å²) in [6, 6.07) is 30.0. The van der Waals surface area contributed by atoms with Gasteiger partial charge in [0, 0.05) is 11.5 Å². The number of methoxy groups -OCH3 is 1. The average molecular weight is 520 g/mol. The highest BCUT2D eigenvalue weighted by atomic mass is 32.1. The number of hydrogen-bond acceptors (Lipinski definition) is 6. The van der Waals surface area contributed by atoms with Crippen molar-refractivity contribution >= 4 is 33.1 Å². The Labute approximate surface area is 223 Å². The fraction of sp³-hybridized carbons (Fsp3) is 0.129. The van der Waals surface area contributed by atoms with Crippen LogP contribution in [0.2, 0.25) is 0 Å². The normalized spacial score (nSPS) is 12.7. The maximum absolute atomic E-state index is 13.2.